The molecule has 0 amide bonds. The van der Waals surface area contributed by atoms with Gasteiger partial charge < -0.3 is 5.11 Å². The highest BCUT2D eigenvalue weighted by Crippen LogP contribution is 2.28. The highest BCUT2D eigenvalue weighted by molar-refractivity contribution is 7.91. The fourth-order valence-corrected chi connectivity index (χ4v) is 4.84. The Kier molecular flexibility index (Phi) is 5.34. The normalized spacial score (nSPS) is 30.5. The molecular weight excluding hydrogens is 288 g/mol. The number of sulfone groups is 1. The van der Waals surface area contributed by atoms with Crippen molar-refractivity contribution in [2.75, 3.05) is 39.0 Å². The first-order valence-corrected chi connectivity index (χ1v) is 9.98. The first kappa shape index (κ1) is 17.2. The van der Waals surface area contributed by atoms with Gasteiger partial charge in [0.2, 0.25) is 0 Å². The number of piperazine rings is 1. The van der Waals surface area contributed by atoms with Gasteiger partial charge in [-0.25, -0.2) is 8.42 Å². The maximum absolute atomic E-state index is 11.8. The third-order valence-electron chi connectivity index (χ3n) is 4.74. The zero-order valence-corrected chi connectivity index (χ0v) is 14.4. The van der Waals surface area contributed by atoms with Crippen molar-refractivity contribution in [3.63, 3.8) is 0 Å². The Bertz CT molecular complexity index is 436. The number of β-amino-alcohol motifs (C(OH)–C–C–N with tert-alkyl or cyclic N) is 1. The molecule has 124 valence electrons. The number of hydrogen-bond acceptors (Lipinski definition) is 5. The predicted octanol–water partition coefficient (Wildman–Crippen LogP) is 0.731. The Balaban J connectivity index is 1.85. The standard InChI is InChI=1S/C15H30N2O3S/c1-15(2,18)12-16-7-9-17(10-8-16)13-5-4-6-14(11-13)21(3,19)20/h13-14,18H,4-12H2,1-3H3. The molecule has 6 heteroatoms. The SMILES string of the molecule is CC(C)(O)CN1CCN(C2CCCC(S(C)(=O)=O)C2)CC1. The summed E-state index contributed by atoms with van der Waals surface area (Å²) in [5.74, 6) is 0. The highest BCUT2D eigenvalue weighted by Gasteiger charge is 2.33. The molecule has 0 aromatic rings. The van der Waals surface area contributed by atoms with Gasteiger partial charge in [0.1, 0.15) is 9.84 Å². The van der Waals surface area contributed by atoms with Gasteiger partial charge in [0.15, 0.2) is 0 Å². The molecule has 0 radical (unpaired) electrons. The van der Waals surface area contributed by atoms with Crippen LogP contribution < -0.4 is 0 Å². The largest absolute Gasteiger partial charge is 0.389 e. The minimum absolute atomic E-state index is 0.148. The third-order valence-corrected chi connectivity index (χ3v) is 6.38. The van der Waals surface area contributed by atoms with Gasteiger partial charge in [0.25, 0.3) is 0 Å². The molecule has 1 aliphatic carbocycles. The van der Waals surface area contributed by atoms with Crippen LogP contribution in [0.4, 0.5) is 0 Å². The first-order valence-electron chi connectivity index (χ1n) is 8.03. The van der Waals surface area contributed by atoms with Crippen molar-refractivity contribution in [1.29, 1.82) is 0 Å². The smallest absolute Gasteiger partial charge is 0.150 e. The molecule has 2 atom stereocenters. The van der Waals surface area contributed by atoms with Crippen molar-refractivity contribution < 1.29 is 13.5 Å². The van der Waals surface area contributed by atoms with Crippen LogP contribution in [0.3, 0.4) is 0 Å². The average molecular weight is 318 g/mol. The van der Waals surface area contributed by atoms with Crippen LogP contribution in [-0.4, -0.2) is 79.2 Å². The van der Waals surface area contributed by atoms with Crippen LogP contribution >= 0.6 is 0 Å². The van der Waals surface area contributed by atoms with Crippen molar-refractivity contribution in [3.8, 4) is 0 Å². The average Bonchev–Trinajstić information content (AvgIpc) is 2.37. The lowest BCUT2D eigenvalue weighted by molar-refractivity contribution is 0.00777. The molecule has 1 heterocycles. The van der Waals surface area contributed by atoms with E-state index < -0.39 is 15.4 Å². The number of hydrogen-bond donors (Lipinski definition) is 1. The second-order valence-corrected chi connectivity index (χ2v) is 9.72. The predicted molar refractivity (Wildman–Crippen MR) is 85.2 cm³/mol. The number of rotatable bonds is 4. The van der Waals surface area contributed by atoms with E-state index in [1.54, 1.807) is 0 Å². The summed E-state index contributed by atoms with van der Waals surface area (Å²) in [5.41, 5.74) is -0.644. The Morgan fingerprint density at radius 1 is 1.14 bits per heavy atom. The lowest BCUT2D eigenvalue weighted by atomic mass is 9.93. The summed E-state index contributed by atoms with van der Waals surface area (Å²) in [4.78, 5) is 4.76. The minimum atomic E-state index is -2.90. The van der Waals surface area contributed by atoms with E-state index in [0.717, 1.165) is 51.9 Å². The van der Waals surface area contributed by atoms with E-state index >= 15 is 0 Å². The van der Waals surface area contributed by atoms with Crippen LogP contribution in [0.25, 0.3) is 0 Å². The van der Waals surface area contributed by atoms with Gasteiger partial charge in [-0.3, -0.25) is 9.80 Å². The van der Waals surface area contributed by atoms with Gasteiger partial charge in [0.05, 0.1) is 10.9 Å². The maximum atomic E-state index is 11.8. The van der Waals surface area contributed by atoms with Crippen molar-refractivity contribution in [2.45, 2.75) is 56.4 Å². The van der Waals surface area contributed by atoms with Crippen molar-refractivity contribution in [3.05, 3.63) is 0 Å². The Morgan fingerprint density at radius 3 is 2.29 bits per heavy atom. The molecule has 0 spiro atoms. The van der Waals surface area contributed by atoms with Gasteiger partial charge >= 0.3 is 0 Å². The second-order valence-electron chi connectivity index (χ2n) is 7.40. The molecule has 1 saturated carbocycles. The molecule has 0 bridgehead atoms. The van der Waals surface area contributed by atoms with Gasteiger partial charge in [0, 0.05) is 45.0 Å². The minimum Gasteiger partial charge on any atom is -0.389 e. The van der Waals surface area contributed by atoms with Gasteiger partial charge in [-0.2, -0.15) is 0 Å². The molecule has 2 fully saturated rings. The molecule has 2 aliphatic rings. The lowest BCUT2D eigenvalue weighted by Gasteiger charge is -2.43. The zero-order valence-electron chi connectivity index (χ0n) is 13.6. The van der Waals surface area contributed by atoms with E-state index in [9.17, 15) is 13.5 Å². The molecule has 1 N–H and O–H groups in total. The molecule has 1 saturated heterocycles. The second kappa shape index (κ2) is 6.52. The van der Waals surface area contributed by atoms with E-state index in [1.165, 1.54) is 6.26 Å². The van der Waals surface area contributed by atoms with E-state index in [4.69, 9.17) is 0 Å². The summed E-state index contributed by atoms with van der Waals surface area (Å²) in [7, 11) is -2.90. The van der Waals surface area contributed by atoms with Crippen LogP contribution in [0.2, 0.25) is 0 Å². The summed E-state index contributed by atoms with van der Waals surface area (Å²) in [5, 5.41) is 9.74. The molecule has 0 aromatic carbocycles. The van der Waals surface area contributed by atoms with Crippen LogP contribution in [0, 0.1) is 0 Å². The number of nitrogens with zero attached hydrogens (tertiary/aromatic N) is 2. The monoisotopic (exact) mass is 318 g/mol. The molecule has 2 rings (SSSR count). The van der Waals surface area contributed by atoms with Gasteiger partial charge in [-0.15, -0.1) is 0 Å². The Hall–Kier alpha value is -0.170. The van der Waals surface area contributed by atoms with Crippen LogP contribution in [0.1, 0.15) is 39.5 Å². The van der Waals surface area contributed by atoms with Gasteiger partial charge in [-0.1, -0.05) is 6.42 Å². The molecule has 0 aromatic heterocycles. The molecule has 5 nitrogen and oxygen atoms in total. The summed E-state index contributed by atoms with van der Waals surface area (Å²) in [6.45, 7) is 8.29. The van der Waals surface area contributed by atoms with Crippen LogP contribution in [0.15, 0.2) is 0 Å². The van der Waals surface area contributed by atoms with Crippen molar-refractivity contribution in [1.82, 2.24) is 9.80 Å². The Morgan fingerprint density at radius 2 is 1.76 bits per heavy atom. The first-order chi connectivity index (χ1) is 9.65. The van der Waals surface area contributed by atoms with Crippen LogP contribution in [-0.2, 0) is 9.84 Å². The molecule has 21 heavy (non-hydrogen) atoms. The molecular formula is C15H30N2O3S. The summed E-state index contributed by atoms with van der Waals surface area (Å²) < 4.78 is 23.5. The van der Waals surface area contributed by atoms with Gasteiger partial charge in [-0.05, 0) is 33.1 Å². The summed E-state index contributed by atoms with van der Waals surface area (Å²) in [6, 6.07) is 0.419. The fraction of sp³-hybridized carbons (Fsp3) is 1.00. The zero-order chi connectivity index (χ0) is 15.7. The quantitative estimate of drug-likeness (QED) is 0.828. The molecule has 1 aliphatic heterocycles. The summed E-state index contributed by atoms with van der Waals surface area (Å²) in [6.07, 6.45) is 5.14. The molecule has 2 unspecified atom stereocenters. The van der Waals surface area contributed by atoms with E-state index in [-0.39, 0.29) is 5.25 Å². The van der Waals surface area contributed by atoms with Crippen LogP contribution in [0.5, 0.6) is 0 Å². The number of aliphatic hydroxyl groups is 1. The summed E-state index contributed by atoms with van der Waals surface area (Å²) >= 11 is 0. The van der Waals surface area contributed by atoms with Crippen molar-refractivity contribution >= 4 is 9.84 Å². The topological polar surface area (TPSA) is 60.9 Å². The highest BCUT2D eigenvalue weighted by atomic mass is 32.2. The fourth-order valence-electron chi connectivity index (χ4n) is 3.67. The van der Waals surface area contributed by atoms with Crippen molar-refractivity contribution in [2.24, 2.45) is 0 Å². The van der Waals surface area contributed by atoms with E-state index in [2.05, 4.69) is 9.80 Å². The third kappa shape index (κ3) is 5.20. The lowest BCUT2D eigenvalue weighted by Crippen LogP contribution is -2.54. The Labute approximate surface area is 129 Å². The van der Waals surface area contributed by atoms with E-state index in [1.807, 2.05) is 13.8 Å². The maximum Gasteiger partial charge on any atom is 0.150 e. The van der Waals surface area contributed by atoms with E-state index in [0.29, 0.717) is 12.6 Å².